The average molecular weight is 412 g/mol. The molecule has 0 aliphatic heterocycles. The van der Waals surface area contributed by atoms with E-state index < -0.39 is 5.91 Å². The van der Waals surface area contributed by atoms with Gasteiger partial charge < -0.3 is 5.73 Å². The van der Waals surface area contributed by atoms with Gasteiger partial charge in [0.2, 0.25) is 5.91 Å². The zero-order valence-electron chi connectivity index (χ0n) is 18.1. The molecule has 0 heterocycles. The molecule has 4 atom stereocenters. The highest BCUT2D eigenvalue weighted by Gasteiger charge is 2.56. The maximum Gasteiger partial charge on any atom is 0.248 e. The van der Waals surface area contributed by atoms with Crippen LogP contribution in [0.25, 0.3) is 12.2 Å². The van der Waals surface area contributed by atoms with Gasteiger partial charge in [-0.3, -0.25) is 9.59 Å². The van der Waals surface area contributed by atoms with Crippen molar-refractivity contribution >= 4 is 23.8 Å². The average Bonchev–Trinajstić information content (AvgIpc) is 3.03. The first-order valence-corrected chi connectivity index (χ1v) is 11.3. The lowest BCUT2D eigenvalue weighted by Gasteiger charge is -2.48. The van der Waals surface area contributed by atoms with Crippen LogP contribution in [0.1, 0.15) is 71.1 Å². The predicted molar refractivity (Wildman–Crippen MR) is 124 cm³/mol. The summed E-state index contributed by atoms with van der Waals surface area (Å²) in [5.41, 5.74) is 11.6. The number of primary amides is 1. The summed E-state index contributed by atoms with van der Waals surface area (Å²) in [6, 6.07) is 14.0. The molecule has 0 radical (unpaired) electrons. The Morgan fingerprint density at radius 2 is 2.00 bits per heavy atom. The maximum absolute atomic E-state index is 13.5. The van der Waals surface area contributed by atoms with Crippen molar-refractivity contribution in [3.8, 4) is 0 Å². The Labute approximate surface area is 184 Å². The van der Waals surface area contributed by atoms with Gasteiger partial charge in [-0.2, -0.15) is 0 Å². The van der Waals surface area contributed by atoms with E-state index in [2.05, 4.69) is 31.7 Å². The lowest BCUT2D eigenvalue weighted by molar-refractivity contribution is -0.127. The molecule has 3 nitrogen and oxygen atoms in total. The van der Waals surface area contributed by atoms with E-state index in [9.17, 15) is 9.59 Å². The smallest absolute Gasteiger partial charge is 0.248 e. The second-order valence-electron chi connectivity index (χ2n) is 9.73. The van der Waals surface area contributed by atoms with Gasteiger partial charge in [-0.1, -0.05) is 49.9 Å². The van der Waals surface area contributed by atoms with E-state index in [-0.39, 0.29) is 5.41 Å². The zero-order chi connectivity index (χ0) is 21.8. The summed E-state index contributed by atoms with van der Waals surface area (Å²) in [6.07, 6.45) is 8.99. The topological polar surface area (TPSA) is 60.2 Å². The Bertz CT molecular complexity index is 1130. The molecule has 2 aromatic rings. The quantitative estimate of drug-likeness (QED) is 0.674. The second-order valence-corrected chi connectivity index (χ2v) is 9.73. The number of ketones is 1. The Hall–Kier alpha value is -2.94. The van der Waals surface area contributed by atoms with E-state index in [1.54, 1.807) is 12.1 Å². The number of carbonyl (C=O) groups is 2. The van der Waals surface area contributed by atoms with Crippen molar-refractivity contribution in [3.63, 3.8) is 0 Å². The molecule has 2 saturated carbocycles. The molecule has 3 aliphatic carbocycles. The number of hydrogen-bond acceptors (Lipinski definition) is 2. The van der Waals surface area contributed by atoms with Gasteiger partial charge in [0, 0.05) is 11.0 Å². The van der Waals surface area contributed by atoms with E-state index in [1.165, 1.54) is 16.7 Å². The van der Waals surface area contributed by atoms with Crippen molar-refractivity contribution in [1.29, 1.82) is 0 Å². The van der Waals surface area contributed by atoms with Gasteiger partial charge in [-0.25, -0.2) is 0 Å². The van der Waals surface area contributed by atoms with E-state index in [0.717, 1.165) is 43.2 Å². The molecular formula is C28H29NO2. The van der Waals surface area contributed by atoms with Gasteiger partial charge in [-0.05, 0) is 95.9 Å². The van der Waals surface area contributed by atoms with Crippen LogP contribution in [0.4, 0.5) is 0 Å². The summed E-state index contributed by atoms with van der Waals surface area (Å²) in [5, 5.41) is 0. The Morgan fingerprint density at radius 3 is 2.77 bits per heavy atom. The lowest BCUT2D eigenvalue weighted by atomic mass is 9.55. The summed E-state index contributed by atoms with van der Waals surface area (Å²) in [5.74, 6) is 1.34. The molecule has 0 aromatic heterocycles. The number of allylic oxidation sites excluding steroid dienone is 1. The molecule has 2 fully saturated rings. The monoisotopic (exact) mass is 411 g/mol. The van der Waals surface area contributed by atoms with Crippen LogP contribution in [0.2, 0.25) is 0 Å². The minimum Gasteiger partial charge on any atom is -0.366 e. The number of aryl methyl sites for hydroxylation is 1. The highest BCUT2D eigenvalue weighted by Crippen LogP contribution is 2.60. The number of benzene rings is 2. The largest absolute Gasteiger partial charge is 0.366 e. The van der Waals surface area contributed by atoms with Crippen LogP contribution in [0.3, 0.4) is 0 Å². The molecule has 31 heavy (non-hydrogen) atoms. The van der Waals surface area contributed by atoms with Crippen LogP contribution in [0.15, 0.2) is 54.6 Å². The Kier molecular flexibility index (Phi) is 4.73. The van der Waals surface area contributed by atoms with Crippen molar-refractivity contribution in [2.75, 3.05) is 0 Å². The van der Waals surface area contributed by atoms with Gasteiger partial charge in [0.25, 0.3) is 0 Å². The Morgan fingerprint density at radius 1 is 1.16 bits per heavy atom. The van der Waals surface area contributed by atoms with Gasteiger partial charge in [0.15, 0.2) is 5.78 Å². The van der Waals surface area contributed by atoms with Crippen LogP contribution >= 0.6 is 0 Å². The van der Waals surface area contributed by atoms with Crippen molar-refractivity contribution in [2.24, 2.45) is 23.0 Å². The third-order valence-corrected chi connectivity index (χ3v) is 8.14. The molecule has 3 heteroatoms. The summed E-state index contributed by atoms with van der Waals surface area (Å²) in [4.78, 5) is 25.1. The van der Waals surface area contributed by atoms with Gasteiger partial charge in [-0.15, -0.1) is 0 Å². The molecule has 0 bridgehead atoms. The van der Waals surface area contributed by atoms with Crippen molar-refractivity contribution in [2.45, 2.75) is 44.9 Å². The molecule has 0 saturated heterocycles. The normalized spacial score (nSPS) is 30.4. The predicted octanol–water partition coefficient (Wildman–Crippen LogP) is 5.55. The minimum absolute atomic E-state index is 0.271. The molecule has 3 aliphatic rings. The number of amides is 1. The number of nitrogens with two attached hydrogens (primary N) is 1. The van der Waals surface area contributed by atoms with Crippen LogP contribution < -0.4 is 5.73 Å². The molecule has 2 N–H and O–H groups in total. The first-order chi connectivity index (χ1) is 14.9. The van der Waals surface area contributed by atoms with Gasteiger partial charge in [0.05, 0.1) is 0 Å². The van der Waals surface area contributed by atoms with E-state index in [1.807, 2.05) is 24.3 Å². The summed E-state index contributed by atoms with van der Waals surface area (Å²) in [7, 11) is 0. The third kappa shape index (κ3) is 3.18. The first-order valence-electron chi connectivity index (χ1n) is 11.3. The summed E-state index contributed by atoms with van der Waals surface area (Å²) < 4.78 is 0. The maximum atomic E-state index is 13.5. The molecular weight excluding hydrogens is 382 g/mol. The second kappa shape index (κ2) is 7.33. The molecule has 1 amide bonds. The fourth-order valence-electron chi connectivity index (χ4n) is 6.51. The molecule has 2 aromatic carbocycles. The van der Waals surface area contributed by atoms with Gasteiger partial charge >= 0.3 is 0 Å². The zero-order valence-corrected chi connectivity index (χ0v) is 18.1. The lowest BCUT2D eigenvalue weighted by Crippen LogP contribution is -2.42. The standard InChI is InChI=1S/C28H29NO2/c1-3-17-7-9-22-19(13-17)8-10-24-23(22)11-12-28(2)25(24)16-21(26(28)30)15-18-5-4-6-20(14-18)27(29)31/h3-7,9,13-15,23-25H,1,8,10-12,16H2,2H3,(H2,29,31)/t23-,24-,25+,28+/m1/s1. The highest BCUT2D eigenvalue weighted by atomic mass is 16.1. The molecule has 158 valence electrons. The van der Waals surface area contributed by atoms with E-state index in [4.69, 9.17) is 5.73 Å². The third-order valence-electron chi connectivity index (χ3n) is 8.14. The summed E-state index contributed by atoms with van der Waals surface area (Å²) in [6.45, 7) is 6.10. The fourth-order valence-corrected chi connectivity index (χ4v) is 6.51. The number of rotatable bonds is 3. The van der Waals surface area contributed by atoms with Crippen LogP contribution in [-0.4, -0.2) is 11.7 Å². The minimum atomic E-state index is -0.443. The Balaban J connectivity index is 1.47. The van der Waals surface area contributed by atoms with Crippen LogP contribution in [0.5, 0.6) is 0 Å². The number of carbonyl (C=O) groups excluding carboxylic acids is 2. The van der Waals surface area contributed by atoms with Crippen LogP contribution in [0, 0.1) is 17.3 Å². The molecule has 0 unspecified atom stereocenters. The van der Waals surface area contributed by atoms with Crippen molar-refractivity contribution < 1.29 is 9.59 Å². The van der Waals surface area contributed by atoms with Crippen molar-refractivity contribution in [3.05, 3.63) is 82.4 Å². The first kappa shape index (κ1) is 20.0. The molecule has 5 rings (SSSR count). The SMILES string of the molecule is C=Cc1ccc2c(c1)CC[C@@H]1[C@@H]2CC[C@]2(C)C(=O)C(=Cc3cccc(C(N)=O)c3)C[C@@H]12. The highest BCUT2D eigenvalue weighted by molar-refractivity contribution is 6.06. The van der Waals surface area contributed by atoms with E-state index in [0.29, 0.717) is 29.1 Å². The fraction of sp³-hybridized carbons (Fsp3) is 0.357. The summed E-state index contributed by atoms with van der Waals surface area (Å²) >= 11 is 0. The number of hydrogen-bond donors (Lipinski definition) is 1. The number of fused-ring (bicyclic) bond motifs is 5. The van der Waals surface area contributed by atoms with E-state index >= 15 is 0 Å². The van der Waals surface area contributed by atoms with Gasteiger partial charge in [0.1, 0.15) is 0 Å². The molecule has 0 spiro atoms. The van der Waals surface area contributed by atoms with Crippen LogP contribution in [-0.2, 0) is 11.2 Å². The number of Topliss-reactive ketones (excluding diaryl/α,β-unsaturated/α-hetero) is 1. The van der Waals surface area contributed by atoms with Crippen molar-refractivity contribution in [1.82, 2.24) is 0 Å².